The summed E-state index contributed by atoms with van der Waals surface area (Å²) in [6, 6.07) is 24.1. The van der Waals surface area contributed by atoms with Crippen LogP contribution in [-0.2, 0) is 17.8 Å². The Morgan fingerprint density at radius 2 is 1.33 bits per heavy atom. The molecule has 0 aliphatic carbocycles. The van der Waals surface area contributed by atoms with Crippen LogP contribution in [0.3, 0.4) is 0 Å². The topological polar surface area (TPSA) is 26.3 Å². The Morgan fingerprint density at radius 1 is 0.778 bits per heavy atom. The molecule has 0 aromatic heterocycles. The smallest absolute Gasteiger partial charge is 0.192 e. The molecule has 0 heterocycles. The largest absolute Gasteiger partial charge is 0.496 e. The van der Waals surface area contributed by atoms with Gasteiger partial charge in [-0.2, -0.15) is 0 Å². The number of carbonyl (C=O) groups is 1. The standard InChI is InChI=1S/C23H18Cl2O2/c24-21-10-6-17(7-11-21)14-20(23(26)19-4-2-1-3-5-19)16-27-15-18-8-12-22(25)13-9-18/h1-13,16H,14-15H2. The number of benzene rings is 3. The third-order valence-corrected chi connectivity index (χ3v) is 4.53. The molecule has 0 aliphatic heterocycles. The number of allylic oxidation sites excluding steroid dienone is 1. The van der Waals surface area contributed by atoms with Crippen LogP contribution < -0.4 is 0 Å². The van der Waals surface area contributed by atoms with Crippen molar-refractivity contribution in [2.45, 2.75) is 13.0 Å². The third-order valence-electron chi connectivity index (χ3n) is 4.02. The molecule has 3 rings (SSSR count). The van der Waals surface area contributed by atoms with Crippen molar-refractivity contribution in [2.24, 2.45) is 0 Å². The molecular formula is C23H18Cl2O2. The van der Waals surface area contributed by atoms with Crippen molar-refractivity contribution in [1.29, 1.82) is 0 Å². The lowest BCUT2D eigenvalue weighted by molar-refractivity contribution is 0.102. The van der Waals surface area contributed by atoms with Gasteiger partial charge in [-0.15, -0.1) is 0 Å². The second-order valence-corrected chi connectivity index (χ2v) is 6.95. The van der Waals surface area contributed by atoms with Crippen LogP contribution in [0.15, 0.2) is 90.7 Å². The fourth-order valence-corrected chi connectivity index (χ4v) is 2.84. The Kier molecular flexibility index (Phi) is 6.69. The van der Waals surface area contributed by atoms with Gasteiger partial charge in [0, 0.05) is 27.6 Å². The maximum Gasteiger partial charge on any atom is 0.192 e. The lowest BCUT2D eigenvalue weighted by atomic mass is 9.98. The molecule has 4 heteroatoms. The SMILES string of the molecule is O=C(C(=COCc1ccc(Cl)cc1)Cc1ccc(Cl)cc1)c1ccccc1. The molecule has 27 heavy (non-hydrogen) atoms. The van der Waals surface area contributed by atoms with E-state index in [0.717, 1.165) is 11.1 Å². The van der Waals surface area contributed by atoms with Crippen molar-refractivity contribution in [3.05, 3.63) is 117 Å². The van der Waals surface area contributed by atoms with Crippen molar-refractivity contribution in [3.8, 4) is 0 Å². The summed E-state index contributed by atoms with van der Waals surface area (Å²) in [5.74, 6) is -0.0540. The van der Waals surface area contributed by atoms with Crippen LogP contribution in [0.5, 0.6) is 0 Å². The predicted octanol–water partition coefficient (Wildman–Crippen LogP) is 6.52. The zero-order valence-corrected chi connectivity index (χ0v) is 16.1. The van der Waals surface area contributed by atoms with Crippen LogP contribution in [0, 0.1) is 0 Å². The van der Waals surface area contributed by atoms with Crippen molar-refractivity contribution in [1.82, 2.24) is 0 Å². The molecule has 0 fully saturated rings. The summed E-state index contributed by atoms with van der Waals surface area (Å²) in [4.78, 5) is 12.9. The lowest BCUT2D eigenvalue weighted by Gasteiger charge is -2.09. The van der Waals surface area contributed by atoms with Crippen LogP contribution in [0.1, 0.15) is 21.5 Å². The zero-order chi connectivity index (χ0) is 19.1. The molecule has 136 valence electrons. The van der Waals surface area contributed by atoms with Gasteiger partial charge < -0.3 is 4.74 Å². The Balaban J connectivity index is 1.78. The van der Waals surface area contributed by atoms with E-state index in [9.17, 15) is 4.79 Å². The molecule has 0 amide bonds. The van der Waals surface area contributed by atoms with E-state index in [4.69, 9.17) is 27.9 Å². The van der Waals surface area contributed by atoms with Crippen molar-refractivity contribution in [3.63, 3.8) is 0 Å². The van der Waals surface area contributed by atoms with Gasteiger partial charge in [0.05, 0.1) is 6.26 Å². The predicted molar refractivity (Wildman–Crippen MR) is 110 cm³/mol. The van der Waals surface area contributed by atoms with Crippen molar-refractivity contribution >= 4 is 29.0 Å². The Bertz CT molecular complexity index is 915. The fraction of sp³-hybridized carbons (Fsp3) is 0.0870. The van der Waals surface area contributed by atoms with Gasteiger partial charge >= 0.3 is 0 Å². The molecule has 2 nitrogen and oxygen atoms in total. The highest BCUT2D eigenvalue weighted by Crippen LogP contribution is 2.18. The summed E-state index contributed by atoms with van der Waals surface area (Å²) >= 11 is 11.9. The molecule has 0 atom stereocenters. The summed E-state index contributed by atoms with van der Waals surface area (Å²) in [6.07, 6.45) is 2.02. The second kappa shape index (κ2) is 9.40. The van der Waals surface area contributed by atoms with Crippen molar-refractivity contribution < 1.29 is 9.53 Å². The molecular weight excluding hydrogens is 379 g/mol. The minimum Gasteiger partial charge on any atom is -0.496 e. The lowest BCUT2D eigenvalue weighted by Crippen LogP contribution is -2.07. The minimum atomic E-state index is -0.0540. The number of hydrogen-bond donors (Lipinski definition) is 0. The van der Waals surface area contributed by atoms with Crippen LogP contribution in [-0.4, -0.2) is 5.78 Å². The van der Waals surface area contributed by atoms with E-state index in [1.807, 2.05) is 66.7 Å². The van der Waals surface area contributed by atoms with Gasteiger partial charge in [0.1, 0.15) is 6.61 Å². The average Bonchev–Trinajstić information content (AvgIpc) is 2.70. The molecule has 0 bridgehead atoms. The zero-order valence-electron chi connectivity index (χ0n) is 14.6. The number of hydrogen-bond acceptors (Lipinski definition) is 2. The van der Waals surface area contributed by atoms with Gasteiger partial charge in [0.15, 0.2) is 5.78 Å². The highest BCUT2D eigenvalue weighted by atomic mass is 35.5. The van der Waals surface area contributed by atoms with Crippen LogP contribution in [0.25, 0.3) is 0 Å². The quantitative estimate of drug-likeness (QED) is 0.258. The van der Waals surface area contributed by atoms with E-state index in [1.165, 1.54) is 0 Å². The molecule has 0 saturated heterocycles. The van der Waals surface area contributed by atoms with E-state index < -0.39 is 0 Å². The van der Waals surface area contributed by atoms with E-state index in [1.54, 1.807) is 18.4 Å². The number of carbonyl (C=O) groups excluding carboxylic acids is 1. The number of ether oxygens (including phenoxy) is 1. The average molecular weight is 397 g/mol. The number of rotatable bonds is 7. The highest BCUT2D eigenvalue weighted by molar-refractivity contribution is 6.30. The Morgan fingerprint density at radius 3 is 1.93 bits per heavy atom. The molecule has 0 spiro atoms. The normalized spacial score (nSPS) is 11.3. The van der Waals surface area contributed by atoms with Gasteiger partial charge in [-0.25, -0.2) is 0 Å². The first kappa shape index (κ1) is 19.2. The summed E-state index contributed by atoms with van der Waals surface area (Å²) < 4.78 is 5.71. The first-order valence-corrected chi connectivity index (χ1v) is 9.27. The maximum atomic E-state index is 12.9. The van der Waals surface area contributed by atoms with Gasteiger partial charge in [-0.05, 0) is 35.4 Å². The highest BCUT2D eigenvalue weighted by Gasteiger charge is 2.13. The van der Waals surface area contributed by atoms with E-state index in [-0.39, 0.29) is 5.78 Å². The maximum absolute atomic E-state index is 12.9. The molecule has 0 aliphatic rings. The number of ketones is 1. The van der Waals surface area contributed by atoms with Gasteiger partial charge in [-0.1, -0.05) is 77.8 Å². The van der Waals surface area contributed by atoms with Crippen LogP contribution in [0.2, 0.25) is 10.0 Å². The first-order valence-electron chi connectivity index (χ1n) is 8.51. The van der Waals surface area contributed by atoms with E-state index in [2.05, 4.69) is 0 Å². The molecule has 3 aromatic carbocycles. The van der Waals surface area contributed by atoms with E-state index >= 15 is 0 Å². The monoisotopic (exact) mass is 396 g/mol. The summed E-state index contributed by atoms with van der Waals surface area (Å²) in [5, 5.41) is 1.34. The first-order chi connectivity index (χ1) is 13.1. The molecule has 3 aromatic rings. The fourth-order valence-electron chi connectivity index (χ4n) is 2.59. The van der Waals surface area contributed by atoms with Gasteiger partial charge in [-0.3, -0.25) is 4.79 Å². The summed E-state index contributed by atoms with van der Waals surface area (Å²) in [6.45, 7) is 0.364. The molecule has 0 N–H and O–H groups in total. The number of Topliss-reactive ketones (excluding diaryl/α,β-unsaturated/α-hetero) is 1. The van der Waals surface area contributed by atoms with Crippen LogP contribution >= 0.6 is 23.2 Å². The number of halogens is 2. The van der Waals surface area contributed by atoms with E-state index in [0.29, 0.717) is 34.2 Å². The Hall–Kier alpha value is -2.55. The third kappa shape index (κ3) is 5.72. The van der Waals surface area contributed by atoms with Crippen molar-refractivity contribution in [2.75, 3.05) is 0 Å². The molecule has 0 unspecified atom stereocenters. The van der Waals surface area contributed by atoms with Gasteiger partial charge in [0.2, 0.25) is 0 Å². The Labute approximate surface area is 169 Å². The minimum absolute atomic E-state index is 0.0540. The van der Waals surface area contributed by atoms with Crippen LogP contribution in [0.4, 0.5) is 0 Å². The summed E-state index contributed by atoms with van der Waals surface area (Å²) in [5.41, 5.74) is 3.18. The van der Waals surface area contributed by atoms with Gasteiger partial charge in [0.25, 0.3) is 0 Å². The summed E-state index contributed by atoms with van der Waals surface area (Å²) in [7, 11) is 0. The molecule has 0 saturated carbocycles. The second-order valence-electron chi connectivity index (χ2n) is 6.08. The molecule has 0 radical (unpaired) electrons.